The van der Waals surface area contributed by atoms with Gasteiger partial charge in [0.1, 0.15) is 28.7 Å². The van der Waals surface area contributed by atoms with Crippen LogP contribution < -0.4 is 11.5 Å². The summed E-state index contributed by atoms with van der Waals surface area (Å²) in [6, 6.07) is 21.9. The average molecular weight is 418 g/mol. The highest BCUT2D eigenvalue weighted by Crippen LogP contribution is 2.42. The molecule has 4 aromatic carbocycles. The maximum Gasteiger partial charge on any atom is 0.139 e. The molecule has 0 saturated carbocycles. The summed E-state index contributed by atoms with van der Waals surface area (Å²) in [7, 11) is 0. The molecule has 0 aliphatic carbocycles. The van der Waals surface area contributed by atoms with Crippen molar-refractivity contribution in [3.8, 4) is 51.0 Å². The van der Waals surface area contributed by atoms with E-state index in [4.69, 9.17) is 11.5 Å². The Morgan fingerprint density at radius 2 is 0.871 bits per heavy atom. The van der Waals surface area contributed by atoms with Gasteiger partial charge in [-0.2, -0.15) is 0 Å². The number of hydrogen-bond donors (Lipinski definition) is 7. The first kappa shape index (κ1) is 21.2. The van der Waals surface area contributed by atoms with Crippen LogP contribution in [-0.2, 0) is 0 Å². The minimum atomic E-state index is -0.237. The molecule has 31 heavy (non-hydrogen) atoms. The number of hydrogen-bond acceptors (Lipinski definition) is 7. The predicted molar refractivity (Wildman–Crippen MR) is 121 cm³/mol. The maximum atomic E-state index is 9.74. The Balaban J connectivity index is 0.000000185. The fraction of sp³-hybridized carbons (Fsp3) is 0. The molecule has 0 heterocycles. The SMILES string of the molecule is Nc1cc(O)c(-c2cc(O)c(N)cc2O)cc1O.Oc1ccccc1-c1ccccc1. The van der Waals surface area contributed by atoms with Gasteiger partial charge in [0.15, 0.2) is 0 Å². The van der Waals surface area contributed by atoms with Gasteiger partial charge < -0.3 is 37.0 Å². The molecule has 4 rings (SSSR count). The van der Waals surface area contributed by atoms with Crippen LogP contribution in [0.4, 0.5) is 11.4 Å². The minimum Gasteiger partial charge on any atom is -0.507 e. The highest BCUT2D eigenvalue weighted by Gasteiger charge is 2.14. The molecule has 0 atom stereocenters. The van der Waals surface area contributed by atoms with Crippen molar-refractivity contribution in [2.75, 3.05) is 11.5 Å². The van der Waals surface area contributed by atoms with Crippen molar-refractivity contribution in [3.63, 3.8) is 0 Å². The second-order valence-electron chi connectivity index (χ2n) is 6.74. The zero-order valence-corrected chi connectivity index (χ0v) is 16.4. The Labute approximate surface area is 178 Å². The van der Waals surface area contributed by atoms with Crippen LogP contribution in [0, 0.1) is 0 Å². The zero-order valence-electron chi connectivity index (χ0n) is 16.4. The number of para-hydroxylation sites is 1. The normalized spacial score (nSPS) is 10.2. The van der Waals surface area contributed by atoms with Crippen LogP contribution in [0.25, 0.3) is 22.3 Å². The molecular weight excluding hydrogens is 396 g/mol. The number of nitrogen functional groups attached to an aromatic ring is 2. The molecule has 7 heteroatoms. The van der Waals surface area contributed by atoms with Crippen LogP contribution in [0.15, 0.2) is 78.9 Å². The number of aromatic hydroxyl groups is 5. The minimum absolute atomic E-state index is 0.00964. The van der Waals surface area contributed by atoms with E-state index in [-0.39, 0.29) is 45.5 Å². The van der Waals surface area contributed by atoms with E-state index in [0.717, 1.165) is 23.3 Å². The monoisotopic (exact) mass is 418 g/mol. The second kappa shape index (κ2) is 8.87. The quantitative estimate of drug-likeness (QED) is 0.145. The van der Waals surface area contributed by atoms with E-state index in [1.165, 1.54) is 12.1 Å². The van der Waals surface area contributed by atoms with Crippen molar-refractivity contribution in [2.24, 2.45) is 0 Å². The van der Waals surface area contributed by atoms with Crippen LogP contribution in [-0.4, -0.2) is 25.5 Å². The van der Waals surface area contributed by atoms with Crippen LogP contribution >= 0.6 is 0 Å². The van der Waals surface area contributed by atoms with Gasteiger partial charge in [0.2, 0.25) is 0 Å². The van der Waals surface area contributed by atoms with E-state index in [1.807, 2.05) is 48.5 Å². The fourth-order valence-electron chi connectivity index (χ4n) is 2.95. The van der Waals surface area contributed by atoms with Crippen molar-refractivity contribution in [1.82, 2.24) is 0 Å². The largest absolute Gasteiger partial charge is 0.507 e. The standard InChI is InChI=1S/C12H12N2O4.C12H10O/c13-7-3-9(15)5(1-11(7)17)6-2-12(18)8(14)4-10(6)16;13-12-9-5-4-8-11(12)10-6-2-1-3-7-10/h1-4,15-18H,13-14H2;1-9,13H. The predicted octanol–water partition coefficient (Wildman–Crippen LogP) is 4.40. The molecule has 7 nitrogen and oxygen atoms in total. The topological polar surface area (TPSA) is 153 Å². The Hall–Kier alpha value is -4.52. The summed E-state index contributed by atoms with van der Waals surface area (Å²) in [5.41, 5.74) is 13.0. The first-order valence-electron chi connectivity index (χ1n) is 9.24. The lowest BCUT2D eigenvalue weighted by Gasteiger charge is -2.11. The molecule has 0 saturated heterocycles. The average Bonchev–Trinajstić information content (AvgIpc) is 2.75. The summed E-state index contributed by atoms with van der Waals surface area (Å²) >= 11 is 0. The van der Waals surface area contributed by atoms with Crippen LogP contribution in [0.1, 0.15) is 0 Å². The van der Waals surface area contributed by atoms with Crippen LogP contribution in [0.3, 0.4) is 0 Å². The van der Waals surface area contributed by atoms with E-state index in [0.29, 0.717) is 5.75 Å². The highest BCUT2D eigenvalue weighted by atomic mass is 16.3. The van der Waals surface area contributed by atoms with Gasteiger partial charge in [0.25, 0.3) is 0 Å². The van der Waals surface area contributed by atoms with Gasteiger partial charge >= 0.3 is 0 Å². The lowest BCUT2D eigenvalue weighted by atomic mass is 10.0. The molecule has 0 aliphatic heterocycles. The van der Waals surface area contributed by atoms with E-state index >= 15 is 0 Å². The van der Waals surface area contributed by atoms with Gasteiger partial charge in [-0.15, -0.1) is 0 Å². The Bertz CT molecular complexity index is 1150. The third-order valence-corrected chi connectivity index (χ3v) is 4.57. The smallest absolute Gasteiger partial charge is 0.139 e. The summed E-state index contributed by atoms with van der Waals surface area (Å²) in [5, 5.41) is 48.0. The van der Waals surface area contributed by atoms with Gasteiger partial charge in [-0.1, -0.05) is 48.5 Å². The summed E-state index contributed by atoms with van der Waals surface area (Å²) in [4.78, 5) is 0. The van der Waals surface area contributed by atoms with Crippen molar-refractivity contribution < 1.29 is 25.5 Å². The van der Waals surface area contributed by atoms with E-state index in [9.17, 15) is 25.5 Å². The van der Waals surface area contributed by atoms with Gasteiger partial charge in [-0.25, -0.2) is 0 Å². The molecule has 0 fully saturated rings. The number of benzene rings is 4. The van der Waals surface area contributed by atoms with Gasteiger partial charge in [0, 0.05) is 28.8 Å². The number of phenols is 5. The second-order valence-corrected chi connectivity index (χ2v) is 6.74. The molecule has 4 aromatic rings. The molecule has 0 aliphatic rings. The molecule has 0 bridgehead atoms. The van der Waals surface area contributed by atoms with Crippen molar-refractivity contribution in [2.45, 2.75) is 0 Å². The third kappa shape index (κ3) is 4.73. The van der Waals surface area contributed by atoms with Crippen molar-refractivity contribution in [3.05, 3.63) is 78.9 Å². The summed E-state index contributed by atoms with van der Waals surface area (Å²) in [6.07, 6.45) is 0. The number of anilines is 2. The molecule has 0 aromatic heterocycles. The number of nitrogens with two attached hydrogens (primary N) is 2. The van der Waals surface area contributed by atoms with E-state index in [2.05, 4.69) is 0 Å². The number of rotatable bonds is 2. The lowest BCUT2D eigenvalue weighted by Crippen LogP contribution is -1.90. The Kier molecular flexibility index (Phi) is 6.07. The molecule has 0 radical (unpaired) electrons. The first-order chi connectivity index (χ1) is 14.8. The van der Waals surface area contributed by atoms with Gasteiger partial charge in [-0.05, 0) is 23.8 Å². The lowest BCUT2D eigenvalue weighted by molar-refractivity contribution is 0.457. The van der Waals surface area contributed by atoms with Gasteiger partial charge in [0.05, 0.1) is 11.4 Å². The molecule has 0 unspecified atom stereocenters. The van der Waals surface area contributed by atoms with Crippen LogP contribution in [0.5, 0.6) is 28.7 Å². The number of phenolic OH excluding ortho intramolecular Hbond substituents is 5. The van der Waals surface area contributed by atoms with E-state index < -0.39 is 0 Å². The molecule has 9 N–H and O–H groups in total. The summed E-state index contributed by atoms with van der Waals surface area (Å²) in [6.45, 7) is 0. The third-order valence-electron chi connectivity index (χ3n) is 4.57. The van der Waals surface area contributed by atoms with Crippen molar-refractivity contribution in [1.29, 1.82) is 0 Å². The first-order valence-corrected chi connectivity index (χ1v) is 9.24. The molecule has 158 valence electrons. The zero-order chi connectivity index (χ0) is 22.5. The van der Waals surface area contributed by atoms with Gasteiger partial charge in [-0.3, -0.25) is 0 Å². The van der Waals surface area contributed by atoms with Crippen molar-refractivity contribution >= 4 is 11.4 Å². The van der Waals surface area contributed by atoms with Crippen LogP contribution in [0.2, 0.25) is 0 Å². The maximum absolute atomic E-state index is 9.74. The van der Waals surface area contributed by atoms with E-state index in [1.54, 1.807) is 6.07 Å². The molecule has 0 spiro atoms. The summed E-state index contributed by atoms with van der Waals surface area (Å²) < 4.78 is 0. The summed E-state index contributed by atoms with van der Waals surface area (Å²) in [5.74, 6) is -0.611. The molecule has 0 amide bonds. The Morgan fingerprint density at radius 1 is 0.419 bits per heavy atom. The molecular formula is C24H22N2O5. The highest BCUT2D eigenvalue weighted by molar-refractivity contribution is 5.82. The Morgan fingerprint density at radius 3 is 1.35 bits per heavy atom. The fourth-order valence-corrected chi connectivity index (χ4v) is 2.95.